The zero-order chi connectivity index (χ0) is 20.2. The van der Waals surface area contributed by atoms with Crippen LogP contribution in [0.4, 0.5) is 5.82 Å². The van der Waals surface area contributed by atoms with Crippen LogP contribution in [-0.4, -0.2) is 9.55 Å². The topological polar surface area (TPSA) is 21.1 Å². The summed E-state index contributed by atoms with van der Waals surface area (Å²) in [5, 5.41) is 1.68. The SMILES string of the molecule is CCCn1c(C)cc2cc(Cl)nc(N(Cc3ccccc3)Cc3ccccc3)c21. The summed E-state index contributed by atoms with van der Waals surface area (Å²) in [7, 11) is 0. The van der Waals surface area contributed by atoms with Gasteiger partial charge in [-0.3, -0.25) is 0 Å². The fourth-order valence-corrected chi connectivity index (χ4v) is 4.12. The van der Waals surface area contributed by atoms with Gasteiger partial charge in [-0.25, -0.2) is 4.98 Å². The average molecular weight is 404 g/mol. The lowest BCUT2D eigenvalue weighted by molar-refractivity contribution is 0.681. The summed E-state index contributed by atoms with van der Waals surface area (Å²) in [5.41, 5.74) is 4.92. The summed E-state index contributed by atoms with van der Waals surface area (Å²) < 4.78 is 2.37. The number of aryl methyl sites for hydroxylation is 2. The molecule has 2 aromatic heterocycles. The molecule has 0 bridgehead atoms. The van der Waals surface area contributed by atoms with Gasteiger partial charge in [0.05, 0.1) is 5.52 Å². The highest BCUT2D eigenvalue weighted by Crippen LogP contribution is 2.32. The van der Waals surface area contributed by atoms with Crippen LogP contribution >= 0.6 is 11.6 Å². The van der Waals surface area contributed by atoms with Crippen molar-refractivity contribution in [3.05, 3.63) is 94.8 Å². The normalized spacial score (nSPS) is 11.1. The second kappa shape index (κ2) is 8.71. The van der Waals surface area contributed by atoms with E-state index >= 15 is 0 Å². The number of hydrogen-bond donors (Lipinski definition) is 0. The summed E-state index contributed by atoms with van der Waals surface area (Å²) >= 11 is 6.47. The standard InChI is InChI=1S/C25H26ClN3/c1-3-14-29-19(2)15-22-16-23(26)27-25(24(22)29)28(17-20-10-6-4-7-11-20)18-21-12-8-5-9-13-21/h4-13,15-16H,3,14,17-18H2,1-2H3. The van der Waals surface area contributed by atoms with Gasteiger partial charge in [-0.2, -0.15) is 0 Å². The van der Waals surface area contributed by atoms with E-state index in [0.717, 1.165) is 37.3 Å². The Kier molecular flexibility index (Phi) is 5.86. The van der Waals surface area contributed by atoms with E-state index in [4.69, 9.17) is 16.6 Å². The molecule has 0 radical (unpaired) electrons. The molecular weight excluding hydrogens is 378 g/mol. The van der Waals surface area contributed by atoms with Gasteiger partial charge in [-0.05, 0) is 36.6 Å². The van der Waals surface area contributed by atoms with Gasteiger partial charge >= 0.3 is 0 Å². The van der Waals surface area contributed by atoms with Crippen molar-refractivity contribution in [3.8, 4) is 0 Å². The maximum Gasteiger partial charge on any atom is 0.155 e. The highest BCUT2D eigenvalue weighted by atomic mass is 35.5. The maximum atomic E-state index is 6.47. The average Bonchev–Trinajstić information content (AvgIpc) is 3.03. The number of nitrogens with zero attached hydrogens (tertiary/aromatic N) is 3. The Balaban J connectivity index is 1.85. The van der Waals surface area contributed by atoms with E-state index in [9.17, 15) is 0 Å². The van der Waals surface area contributed by atoms with Crippen LogP contribution in [-0.2, 0) is 19.6 Å². The third kappa shape index (κ3) is 4.30. The molecule has 29 heavy (non-hydrogen) atoms. The highest BCUT2D eigenvalue weighted by molar-refractivity contribution is 6.30. The number of rotatable bonds is 7. The second-order valence-corrected chi connectivity index (χ2v) is 7.86. The van der Waals surface area contributed by atoms with Crippen molar-refractivity contribution >= 4 is 28.3 Å². The molecule has 4 heteroatoms. The molecule has 2 heterocycles. The third-order valence-corrected chi connectivity index (χ3v) is 5.41. The Hall–Kier alpha value is -2.78. The molecule has 0 N–H and O–H groups in total. The molecule has 0 saturated heterocycles. The molecule has 0 aliphatic heterocycles. The summed E-state index contributed by atoms with van der Waals surface area (Å²) in [6.07, 6.45) is 1.07. The van der Waals surface area contributed by atoms with Crippen molar-refractivity contribution < 1.29 is 0 Å². The van der Waals surface area contributed by atoms with E-state index in [0.29, 0.717) is 5.15 Å². The van der Waals surface area contributed by atoms with E-state index in [1.807, 2.05) is 6.07 Å². The molecule has 2 aromatic carbocycles. The first-order valence-electron chi connectivity index (χ1n) is 10.1. The van der Waals surface area contributed by atoms with Crippen LogP contribution in [0.3, 0.4) is 0 Å². The van der Waals surface area contributed by atoms with E-state index in [1.165, 1.54) is 22.3 Å². The Morgan fingerprint density at radius 2 is 1.48 bits per heavy atom. The maximum absolute atomic E-state index is 6.47. The molecule has 148 valence electrons. The zero-order valence-corrected chi connectivity index (χ0v) is 17.7. The lowest BCUT2D eigenvalue weighted by Gasteiger charge is -2.26. The Morgan fingerprint density at radius 1 is 0.897 bits per heavy atom. The van der Waals surface area contributed by atoms with Crippen LogP contribution in [0.25, 0.3) is 10.9 Å². The fourth-order valence-electron chi connectivity index (χ4n) is 3.92. The van der Waals surface area contributed by atoms with Gasteiger partial charge in [-0.15, -0.1) is 0 Å². The lowest BCUT2D eigenvalue weighted by atomic mass is 10.1. The van der Waals surface area contributed by atoms with Gasteiger partial charge in [0.25, 0.3) is 0 Å². The van der Waals surface area contributed by atoms with Crippen molar-refractivity contribution in [2.45, 2.75) is 39.9 Å². The first-order valence-corrected chi connectivity index (χ1v) is 10.5. The van der Waals surface area contributed by atoms with Crippen molar-refractivity contribution in [1.29, 1.82) is 0 Å². The second-order valence-electron chi connectivity index (χ2n) is 7.47. The molecule has 0 aliphatic carbocycles. The van der Waals surface area contributed by atoms with Gasteiger partial charge < -0.3 is 9.47 Å². The van der Waals surface area contributed by atoms with Crippen LogP contribution in [0.15, 0.2) is 72.8 Å². The number of benzene rings is 2. The summed E-state index contributed by atoms with van der Waals surface area (Å²) in [6, 6.07) is 25.3. The van der Waals surface area contributed by atoms with Crippen LogP contribution in [0.1, 0.15) is 30.2 Å². The number of hydrogen-bond acceptors (Lipinski definition) is 2. The van der Waals surface area contributed by atoms with Crippen LogP contribution < -0.4 is 4.90 Å². The minimum atomic E-state index is 0.535. The van der Waals surface area contributed by atoms with E-state index < -0.39 is 0 Å². The van der Waals surface area contributed by atoms with Gasteiger partial charge in [0.2, 0.25) is 0 Å². The lowest BCUT2D eigenvalue weighted by Crippen LogP contribution is -2.24. The largest absolute Gasteiger partial charge is 0.346 e. The Bertz CT molecular complexity index is 1050. The number of halogens is 1. The Labute approximate surface area is 177 Å². The first kappa shape index (κ1) is 19.5. The quantitative estimate of drug-likeness (QED) is 0.323. The predicted octanol–water partition coefficient (Wildman–Crippen LogP) is 6.61. The summed E-state index contributed by atoms with van der Waals surface area (Å²) in [6.45, 7) is 6.88. The Morgan fingerprint density at radius 3 is 2.03 bits per heavy atom. The third-order valence-electron chi connectivity index (χ3n) is 5.21. The fraction of sp³-hybridized carbons (Fsp3) is 0.240. The van der Waals surface area contributed by atoms with Gasteiger partial charge in [0.1, 0.15) is 5.15 Å². The molecule has 0 spiro atoms. The molecule has 4 rings (SSSR count). The van der Waals surface area contributed by atoms with E-state index in [-0.39, 0.29) is 0 Å². The highest BCUT2D eigenvalue weighted by Gasteiger charge is 2.19. The summed E-state index contributed by atoms with van der Waals surface area (Å²) in [5.74, 6) is 0.946. The smallest absolute Gasteiger partial charge is 0.155 e. The van der Waals surface area contributed by atoms with Crippen LogP contribution in [0.5, 0.6) is 0 Å². The van der Waals surface area contributed by atoms with E-state index in [1.54, 1.807) is 0 Å². The van der Waals surface area contributed by atoms with Crippen molar-refractivity contribution in [2.24, 2.45) is 0 Å². The zero-order valence-electron chi connectivity index (χ0n) is 17.0. The van der Waals surface area contributed by atoms with Crippen molar-refractivity contribution in [1.82, 2.24) is 9.55 Å². The molecule has 0 amide bonds. The predicted molar refractivity (Wildman–Crippen MR) is 123 cm³/mol. The molecule has 3 nitrogen and oxygen atoms in total. The van der Waals surface area contributed by atoms with Gasteiger partial charge in [0.15, 0.2) is 5.82 Å². The number of anilines is 1. The number of fused-ring (bicyclic) bond motifs is 1. The summed E-state index contributed by atoms with van der Waals surface area (Å²) in [4.78, 5) is 7.16. The van der Waals surface area contributed by atoms with Crippen molar-refractivity contribution in [3.63, 3.8) is 0 Å². The molecule has 4 aromatic rings. The minimum Gasteiger partial charge on any atom is -0.346 e. The first-order chi connectivity index (χ1) is 14.2. The van der Waals surface area contributed by atoms with Crippen LogP contribution in [0, 0.1) is 6.92 Å². The van der Waals surface area contributed by atoms with Gasteiger partial charge in [-0.1, -0.05) is 79.2 Å². The van der Waals surface area contributed by atoms with E-state index in [2.05, 4.69) is 90.0 Å². The monoisotopic (exact) mass is 403 g/mol. The molecule has 0 atom stereocenters. The molecule has 0 unspecified atom stereocenters. The molecular formula is C25H26ClN3. The molecule has 0 saturated carbocycles. The number of pyridine rings is 1. The van der Waals surface area contributed by atoms with Crippen LogP contribution in [0.2, 0.25) is 5.15 Å². The minimum absolute atomic E-state index is 0.535. The van der Waals surface area contributed by atoms with Crippen molar-refractivity contribution in [2.75, 3.05) is 4.90 Å². The molecule has 0 fully saturated rings. The van der Waals surface area contributed by atoms with Gasteiger partial charge in [0, 0.05) is 30.7 Å². The number of aromatic nitrogens is 2. The molecule has 0 aliphatic rings.